The molecule has 1 saturated heterocycles. The first-order chi connectivity index (χ1) is 11.9. The van der Waals surface area contributed by atoms with Crippen molar-refractivity contribution in [3.63, 3.8) is 0 Å². The van der Waals surface area contributed by atoms with Gasteiger partial charge in [-0.25, -0.2) is 4.79 Å². The Bertz CT molecular complexity index is 724. The topological polar surface area (TPSA) is 67.9 Å². The minimum absolute atomic E-state index is 0.0224. The predicted molar refractivity (Wildman–Crippen MR) is 91.9 cm³/mol. The molecule has 2 aliphatic heterocycles. The molecule has 3 aliphatic rings. The normalized spacial score (nSPS) is 29.7. The molecule has 134 valence electrons. The lowest BCUT2D eigenvalue weighted by atomic mass is 9.85. The quantitative estimate of drug-likeness (QED) is 0.853. The van der Waals surface area contributed by atoms with Crippen LogP contribution in [0.25, 0.3) is 0 Å². The summed E-state index contributed by atoms with van der Waals surface area (Å²) in [7, 11) is 0. The maximum absolute atomic E-state index is 12.3. The van der Waals surface area contributed by atoms with Crippen molar-refractivity contribution in [2.75, 3.05) is 6.61 Å². The second-order valence-electron chi connectivity index (χ2n) is 7.79. The van der Waals surface area contributed by atoms with Crippen molar-refractivity contribution in [1.29, 1.82) is 0 Å². The highest BCUT2D eigenvalue weighted by Gasteiger charge is 2.47. The van der Waals surface area contributed by atoms with Crippen LogP contribution in [0.4, 0.5) is 4.79 Å². The number of amides is 3. The predicted octanol–water partition coefficient (Wildman–Crippen LogP) is 2.60. The van der Waals surface area contributed by atoms with Crippen molar-refractivity contribution in [1.82, 2.24) is 10.2 Å². The van der Waals surface area contributed by atoms with Gasteiger partial charge in [-0.15, -0.1) is 0 Å². The van der Waals surface area contributed by atoms with E-state index in [4.69, 9.17) is 9.47 Å². The molecule has 3 amide bonds. The maximum atomic E-state index is 12.3. The molecule has 1 atom stereocenters. The monoisotopic (exact) mass is 344 g/mol. The molecule has 4 rings (SSSR count). The van der Waals surface area contributed by atoms with Crippen molar-refractivity contribution >= 4 is 11.9 Å². The van der Waals surface area contributed by atoms with Crippen molar-refractivity contribution in [3.8, 4) is 11.5 Å². The number of nitrogens with one attached hydrogen (secondary N) is 1. The first-order valence-electron chi connectivity index (χ1n) is 8.97. The van der Waals surface area contributed by atoms with Crippen molar-refractivity contribution in [2.24, 2.45) is 0 Å². The minimum Gasteiger partial charge on any atom is -0.492 e. The van der Waals surface area contributed by atoms with Crippen LogP contribution in [0.2, 0.25) is 0 Å². The van der Waals surface area contributed by atoms with Gasteiger partial charge in [0.25, 0.3) is 5.91 Å². The fourth-order valence-electron chi connectivity index (χ4n) is 3.92. The molecule has 0 aromatic heterocycles. The zero-order valence-electron chi connectivity index (χ0n) is 14.9. The van der Waals surface area contributed by atoms with Crippen LogP contribution >= 0.6 is 0 Å². The molecule has 2 fully saturated rings. The maximum Gasteiger partial charge on any atom is 0.325 e. The Labute approximate surface area is 147 Å². The lowest BCUT2D eigenvalue weighted by molar-refractivity contribution is -0.131. The van der Waals surface area contributed by atoms with Gasteiger partial charge in [-0.05, 0) is 18.6 Å². The fourth-order valence-corrected chi connectivity index (χ4v) is 3.92. The van der Waals surface area contributed by atoms with Gasteiger partial charge in [0.05, 0.1) is 6.61 Å². The summed E-state index contributed by atoms with van der Waals surface area (Å²) in [6, 6.07) is 5.19. The van der Waals surface area contributed by atoms with E-state index in [1.807, 2.05) is 25.1 Å². The van der Waals surface area contributed by atoms with Gasteiger partial charge >= 0.3 is 6.03 Å². The van der Waals surface area contributed by atoms with Gasteiger partial charge in [-0.2, -0.15) is 0 Å². The summed E-state index contributed by atoms with van der Waals surface area (Å²) in [6.45, 7) is 6.84. The van der Waals surface area contributed by atoms with Crippen LogP contribution in [-0.2, 0) is 10.2 Å². The Kier molecular flexibility index (Phi) is 3.67. The number of hydrogen-bond acceptors (Lipinski definition) is 4. The molecule has 6 heteroatoms. The molecule has 6 nitrogen and oxygen atoms in total. The number of hydrogen-bond donors (Lipinski definition) is 1. The van der Waals surface area contributed by atoms with E-state index in [1.54, 1.807) is 0 Å². The van der Waals surface area contributed by atoms with Crippen LogP contribution in [0, 0.1) is 0 Å². The third-order valence-corrected chi connectivity index (χ3v) is 5.44. The summed E-state index contributed by atoms with van der Waals surface area (Å²) in [5.74, 6) is 1.64. The van der Waals surface area contributed by atoms with E-state index in [2.05, 4.69) is 19.2 Å². The van der Waals surface area contributed by atoms with Crippen molar-refractivity contribution < 1.29 is 19.1 Å². The molecule has 1 aromatic carbocycles. The first-order valence-corrected chi connectivity index (χ1v) is 8.97. The van der Waals surface area contributed by atoms with E-state index in [9.17, 15) is 9.59 Å². The second-order valence-corrected chi connectivity index (χ2v) is 7.79. The number of urea groups is 1. The van der Waals surface area contributed by atoms with Crippen molar-refractivity contribution in [3.05, 3.63) is 23.8 Å². The van der Waals surface area contributed by atoms with Crippen LogP contribution < -0.4 is 14.8 Å². The molecule has 0 unspecified atom stereocenters. The lowest BCUT2D eigenvalue weighted by Gasteiger charge is -2.39. The second kappa shape index (κ2) is 5.64. The Morgan fingerprint density at radius 1 is 1.32 bits per heavy atom. The van der Waals surface area contributed by atoms with Crippen molar-refractivity contribution in [2.45, 2.75) is 63.6 Å². The van der Waals surface area contributed by atoms with E-state index in [0.717, 1.165) is 17.1 Å². The molecule has 25 heavy (non-hydrogen) atoms. The molecule has 1 N–H and O–H groups in total. The molecule has 2 heterocycles. The molecule has 1 aliphatic carbocycles. The highest BCUT2D eigenvalue weighted by molar-refractivity contribution is 6.04. The van der Waals surface area contributed by atoms with Gasteiger partial charge in [0.1, 0.15) is 23.6 Å². The Hall–Kier alpha value is -2.24. The summed E-state index contributed by atoms with van der Waals surface area (Å²) in [5, 5.41) is 2.74. The van der Waals surface area contributed by atoms with Crippen LogP contribution in [0.3, 0.4) is 0 Å². The van der Waals surface area contributed by atoms with E-state index >= 15 is 0 Å². The van der Waals surface area contributed by atoms with Gasteiger partial charge in [-0.3, -0.25) is 9.69 Å². The van der Waals surface area contributed by atoms with E-state index in [0.29, 0.717) is 25.9 Å². The largest absolute Gasteiger partial charge is 0.492 e. The zero-order valence-corrected chi connectivity index (χ0v) is 14.9. The van der Waals surface area contributed by atoms with Crippen LogP contribution in [0.15, 0.2) is 18.2 Å². The Morgan fingerprint density at radius 2 is 2.08 bits per heavy atom. The molecular formula is C19H24N2O4. The number of benzene rings is 1. The molecule has 0 bridgehead atoms. The zero-order chi connectivity index (χ0) is 17.8. The standard InChI is InChI=1S/C19H24N2O4/c1-4-13-17(22)21(18(23)20-13)11-8-12(9-11)25-15-7-5-6-14-16(15)19(2,3)10-24-14/h5-7,11-13H,4,8-10H2,1-3H3,(H,20,23)/t11?,12?,13-/m1/s1. The third kappa shape index (κ3) is 2.55. The van der Waals surface area contributed by atoms with E-state index < -0.39 is 0 Å². The molecule has 1 saturated carbocycles. The summed E-state index contributed by atoms with van der Waals surface area (Å²) in [5.41, 5.74) is 1.04. The lowest BCUT2D eigenvalue weighted by Crippen LogP contribution is -2.52. The number of carbonyl (C=O) groups excluding carboxylic acids is 2. The van der Waals surface area contributed by atoms with Gasteiger partial charge < -0.3 is 14.8 Å². The van der Waals surface area contributed by atoms with E-state index in [1.165, 1.54) is 4.90 Å². The van der Waals surface area contributed by atoms with Gasteiger partial charge in [-0.1, -0.05) is 26.8 Å². The molecule has 1 aromatic rings. The van der Waals surface area contributed by atoms with Crippen LogP contribution in [0.5, 0.6) is 11.5 Å². The SMILES string of the molecule is CC[C@H]1NC(=O)N(C2CC(Oc3cccc4c3C(C)(C)CO4)C2)C1=O. The summed E-state index contributed by atoms with van der Waals surface area (Å²) >= 11 is 0. The number of rotatable bonds is 4. The molecular weight excluding hydrogens is 320 g/mol. The molecule has 0 radical (unpaired) electrons. The Morgan fingerprint density at radius 3 is 2.76 bits per heavy atom. The number of fused-ring (bicyclic) bond motifs is 1. The average Bonchev–Trinajstić information content (AvgIpc) is 3.00. The summed E-state index contributed by atoms with van der Waals surface area (Å²) in [6.07, 6.45) is 2.01. The van der Waals surface area contributed by atoms with Crippen LogP contribution in [-0.4, -0.2) is 41.6 Å². The first kappa shape index (κ1) is 16.2. The van der Waals surface area contributed by atoms with Gasteiger partial charge in [0, 0.05) is 29.9 Å². The minimum atomic E-state index is -0.372. The fraction of sp³-hybridized carbons (Fsp3) is 0.579. The third-order valence-electron chi connectivity index (χ3n) is 5.44. The van der Waals surface area contributed by atoms with Gasteiger partial charge in [0.15, 0.2) is 0 Å². The number of nitrogens with zero attached hydrogens (tertiary/aromatic N) is 1. The highest BCUT2D eigenvalue weighted by atomic mass is 16.5. The summed E-state index contributed by atoms with van der Waals surface area (Å²) < 4.78 is 11.9. The van der Waals surface area contributed by atoms with Crippen LogP contribution in [0.1, 0.15) is 45.6 Å². The summed E-state index contributed by atoms with van der Waals surface area (Å²) in [4.78, 5) is 25.7. The average molecular weight is 344 g/mol. The molecule has 0 spiro atoms. The number of carbonyl (C=O) groups is 2. The highest BCUT2D eigenvalue weighted by Crippen LogP contribution is 2.45. The number of ether oxygens (including phenoxy) is 2. The Balaban J connectivity index is 1.43. The van der Waals surface area contributed by atoms with E-state index in [-0.39, 0.29) is 35.5 Å². The van der Waals surface area contributed by atoms with Gasteiger partial charge in [0.2, 0.25) is 0 Å². The smallest absolute Gasteiger partial charge is 0.325 e. The number of imide groups is 1.